The number of hydrogen-bond acceptors (Lipinski definition) is 4. The highest BCUT2D eigenvalue weighted by molar-refractivity contribution is 6.08. The van der Waals surface area contributed by atoms with E-state index in [1.165, 1.54) is 0 Å². The van der Waals surface area contributed by atoms with Crippen molar-refractivity contribution in [2.24, 2.45) is 4.99 Å². The van der Waals surface area contributed by atoms with Gasteiger partial charge in [-0.3, -0.25) is 0 Å². The highest BCUT2D eigenvalue weighted by Gasteiger charge is 2.40. The Morgan fingerprint density at radius 1 is 1.10 bits per heavy atom. The van der Waals surface area contributed by atoms with Gasteiger partial charge in [0.25, 0.3) is 5.91 Å². The average molecular weight is 309 g/mol. The maximum atomic E-state index is 5.87. The minimum Gasteiger partial charge on any atom is -0.371 e. The van der Waals surface area contributed by atoms with Crippen molar-refractivity contribution in [3.05, 3.63) is 35.9 Å². The van der Waals surface area contributed by atoms with Crippen molar-refractivity contribution < 1.29 is 14.2 Å². The van der Waals surface area contributed by atoms with E-state index in [4.69, 9.17) is 14.2 Å². The monoisotopic (exact) mass is 309 g/mol. The molecule has 0 fully saturated rings. The van der Waals surface area contributed by atoms with Gasteiger partial charge in [0.05, 0.1) is 0 Å². The SMILES string of the molecule is CCOC(C[SiH3])C(N=Cc1ccccc1)(OCC)OCC. The van der Waals surface area contributed by atoms with E-state index >= 15 is 0 Å². The van der Waals surface area contributed by atoms with E-state index in [2.05, 4.69) is 4.99 Å². The lowest BCUT2D eigenvalue weighted by Crippen LogP contribution is -2.47. The van der Waals surface area contributed by atoms with Gasteiger partial charge in [0.15, 0.2) is 0 Å². The van der Waals surface area contributed by atoms with Crippen LogP contribution in [0.3, 0.4) is 0 Å². The van der Waals surface area contributed by atoms with Gasteiger partial charge in [0, 0.05) is 36.3 Å². The zero-order valence-electron chi connectivity index (χ0n) is 13.5. The van der Waals surface area contributed by atoms with Crippen LogP contribution in [-0.4, -0.2) is 48.3 Å². The summed E-state index contributed by atoms with van der Waals surface area (Å²) in [6, 6.07) is 10.9. The highest BCUT2D eigenvalue weighted by atomic mass is 28.1. The first-order valence-electron chi connectivity index (χ1n) is 7.72. The summed E-state index contributed by atoms with van der Waals surface area (Å²) in [5.74, 6) is -1.04. The smallest absolute Gasteiger partial charge is 0.296 e. The molecule has 0 amide bonds. The van der Waals surface area contributed by atoms with Crippen LogP contribution in [0.2, 0.25) is 6.04 Å². The van der Waals surface area contributed by atoms with E-state index in [-0.39, 0.29) is 6.10 Å². The van der Waals surface area contributed by atoms with Gasteiger partial charge >= 0.3 is 0 Å². The summed E-state index contributed by atoms with van der Waals surface area (Å²) in [5, 5.41) is 0. The van der Waals surface area contributed by atoms with Crippen molar-refractivity contribution in [2.45, 2.75) is 38.8 Å². The van der Waals surface area contributed by atoms with E-state index in [1.807, 2.05) is 51.1 Å². The van der Waals surface area contributed by atoms with Gasteiger partial charge in [-0.15, -0.1) is 0 Å². The Morgan fingerprint density at radius 2 is 1.71 bits per heavy atom. The second-order valence-corrected chi connectivity index (χ2v) is 5.33. The van der Waals surface area contributed by atoms with Crippen molar-refractivity contribution >= 4 is 16.5 Å². The fraction of sp³-hybridized carbons (Fsp3) is 0.562. The van der Waals surface area contributed by atoms with Crippen LogP contribution >= 0.6 is 0 Å². The minimum absolute atomic E-state index is 0.172. The third-order valence-corrected chi connectivity index (χ3v) is 3.78. The largest absolute Gasteiger partial charge is 0.371 e. The molecule has 5 heteroatoms. The molecule has 0 spiro atoms. The van der Waals surface area contributed by atoms with Crippen molar-refractivity contribution in [3.8, 4) is 0 Å². The molecule has 1 aromatic rings. The molecule has 118 valence electrons. The molecule has 0 bridgehead atoms. The van der Waals surface area contributed by atoms with Crippen LogP contribution in [-0.2, 0) is 14.2 Å². The second kappa shape index (κ2) is 9.84. The minimum atomic E-state index is -1.04. The zero-order chi connectivity index (χ0) is 15.6. The zero-order valence-corrected chi connectivity index (χ0v) is 15.5. The van der Waals surface area contributed by atoms with E-state index in [0.29, 0.717) is 19.8 Å². The van der Waals surface area contributed by atoms with Crippen LogP contribution in [0.5, 0.6) is 0 Å². The Kier molecular flexibility index (Phi) is 8.45. The molecule has 1 unspecified atom stereocenters. The molecule has 0 saturated carbocycles. The van der Waals surface area contributed by atoms with Crippen molar-refractivity contribution in [3.63, 3.8) is 0 Å². The van der Waals surface area contributed by atoms with Gasteiger partial charge in [-0.05, 0) is 32.4 Å². The Balaban J connectivity index is 3.06. The number of ether oxygens (including phenoxy) is 3. The van der Waals surface area contributed by atoms with E-state index in [1.54, 1.807) is 6.21 Å². The predicted octanol–water partition coefficient (Wildman–Crippen LogP) is 2.02. The highest BCUT2D eigenvalue weighted by Crippen LogP contribution is 2.25. The molecule has 0 saturated heterocycles. The molecular weight excluding hydrogens is 282 g/mol. The lowest BCUT2D eigenvalue weighted by atomic mass is 10.2. The van der Waals surface area contributed by atoms with Crippen LogP contribution in [0, 0.1) is 0 Å². The summed E-state index contributed by atoms with van der Waals surface area (Å²) < 4.78 is 17.6. The molecule has 0 radical (unpaired) electrons. The van der Waals surface area contributed by atoms with Gasteiger partial charge < -0.3 is 14.2 Å². The summed E-state index contributed by atoms with van der Waals surface area (Å²) in [5.41, 5.74) is 1.02. The van der Waals surface area contributed by atoms with Crippen molar-refractivity contribution in [1.82, 2.24) is 0 Å². The van der Waals surface area contributed by atoms with Gasteiger partial charge in [-0.1, -0.05) is 30.3 Å². The summed E-state index contributed by atoms with van der Waals surface area (Å²) in [6.45, 7) is 7.54. The summed E-state index contributed by atoms with van der Waals surface area (Å²) in [4.78, 5) is 4.62. The molecule has 0 aliphatic carbocycles. The maximum absolute atomic E-state index is 5.87. The van der Waals surface area contributed by atoms with Gasteiger partial charge in [-0.2, -0.15) is 0 Å². The maximum Gasteiger partial charge on any atom is 0.296 e. The van der Waals surface area contributed by atoms with Crippen LogP contribution in [0.4, 0.5) is 0 Å². The van der Waals surface area contributed by atoms with Crippen molar-refractivity contribution in [2.75, 3.05) is 19.8 Å². The molecule has 1 rings (SSSR count). The average Bonchev–Trinajstić information content (AvgIpc) is 2.52. The van der Waals surface area contributed by atoms with Crippen LogP contribution in [0.1, 0.15) is 26.3 Å². The molecule has 1 atom stereocenters. The van der Waals surface area contributed by atoms with Crippen molar-refractivity contribution in [1.29, 1.82) is 0 Å². The third kappa shape index (κ3) is 5.35. The molecule has 4 nitrogen and oxygen atoms in total. The molecule has 1 aromatic carbocycles. The van der Waals surface area contributed by atoms with Gasteiger partial charge in [0.1, 0.15) is 6.10 Å². The number of nitrogens with zero attached hydrogens (tertiary/aromatic N) is 1. The second-order valence-electron chi connectivity index (χ2n) is 4.52. The molecule has 0 aliphatic rings. The van der Waals surface area contributed by atoms with Crippen LogP contribution in [0.25, 0.3) is 0 Å². The molecular formula is C16H27NO3Si. The van der Waals surface area contributed by atoms with E-state index < -0.39 is 5.91 Å². The Morgan fingerprint density at radius 3 is 2.19 bits per heavy atom. The first kappa shape index (κ1) is 18.0. The third-order valence-electron chi connectivity index (χ3n) is 3.04. The Labute approximate surface area is 130 Å². The quantitative estimate of drug-likeness (QED) is 0.377. The summed E-state index contributed by atoms with van der Waals surface area (Å²) >= 11 is 0. The number of aliphatic imine (C=N–C) groups is 1. The molecule has 0 N–H and O–H groups in total. The van der Waals surface area contributed by atoms with E-state index in [0.717, 1.165) is 21.9 Å². The molecule has 0 aliphatic heterocycles. The standard InChI is InChI=1S/C16H27NO3Si/c1-4-18-15(13-21)16(19-5-2,20-6-3)17-12-14-10-8-7-9-11-14/h7-12,15H,4-6,13H2,1-3,21H3. The molecule has 0 aromatic heterocycles. The topological polar surface area (TPSA) is 40.0 Å². The number of rotatable bonds is 10. The summed E-state index contributed by atoms with van der Waals surface area (Å²) in [6.07, 6.45) is 1.63. The fourth-order valence-electron chi connectivity index (χ4n) is 2.18. The lowest BCUT2D eigenvalue weighted by molar-refractivity contribution is -0.278. The summed E-state index contributed by atoms with van der Waals surface area (Å²) in [7, 11) is 1.000. The first-order valence-corrected chi connectivity index (χ1v) is 9.13. The lowest BCUT2D eigenvalue weighted by Gasteiger charge is -2.35. The fourth-order valence-corrected chi connectivity index (χ4v) is 2.94. The molecule has 0 heterocycles. The van der Waals surface area contributed by atoms with Gasteiger partial charge in [0.2, 0.25) is 0 Å². The first-order chi connectivity index (χ1) is 10.2. The van der Waals surface area contributed by atoms with E-state index in [9.17, 15) is 0 Å². The molecule has 21 heavy (non-hydrogen) atoms. The number of hydrogen-bond donors (Lipinski definition) is 0. The van der Waals surface area contributed by atoms with Gasteiger partial charge in [-0.25, -0.2) is 4.99 Å². The number of benzene rings is 1. The normalized spacial score (nSPS) is 13.9. The predicted molar refractivity (Wildman–Crippen MR) is 90.2 cm³/mol. The van der Waals surface area contributed by atoms with Crippen LogP contribution < -0.4 is 0 Å². The Hall–Kier alpha value is -1.01. The van der Waals surface area contributed by atoms with Crippen LogP contribution in [0.15, 0.2) is 35.3 Å². The Bertz CT molecular complexity index is 405.